The number of aryl methyl sites for hydroxylation is 1. The van der Waals surface area contributed by atoms with Crippen LogP contribution >= 0.6 is 8.58 Å². The molecule has 1 nitrogen and oxygen atoms in total. The molecule has 0 aromatic heterocycles. The number of aromatic hydroxyl groups is 1. The third-order valence-electron chi connectivity index (χ3n) is 3.31. The van der Waals surface area contributed by atoms with Crippen molar-refractivity contribution in [3.63, 3.8) is 0 Å². The summed E-state index contributed by atoms with van der Waals surface area (Å²) in [6, 6.07) is 10.7. The van der Waals surface area contributed by atoms with Crippen molar-refractivity contribution < 1.29 is 9.50 Å². The molecule has 0 aliphatic rings. The molecule has 2 aromatic rings. The van der Waals surface area contributed by atoms with Crippen LogP contribution in [0.2, 0.25) is 0 Å². The highest BCUT2D eigenvalue weighted by atomic mass is 31.1. The molecule has 0 spiro atoms. The summed E-state index contributed by atoms with van der Waals surface area (Å²) < 4.78 is 13.8. The van der Waals surface area contributed by atoms with Gasteiger partial charge in [0.15, 0.2) is 0 Å². The Morgan fingerprint density at radius 1 is 1.05 bits per heavy atom. The van der Waals surface area contributed by atoms with Gasteiger partial charge in [-0.25, -0.2) is 4.39 Å². The number of rotatable bonds is 2. The van der Waals surface area contributed by atoms with E-state index >= 15 is 0 Å². The van der Waals surface area contributed by atoms with Gasteiger partial charge in [-0.1, -0.05) is 53.6 Å². The highest BCUT2D eigenvalue weighted by molar-refractivity contribution is 7.55. The normalized spacial score (nSPS) is 12.2. The zero-order chi connectivity index (χ0) is 14.9. The minimum atomic E-state index is -0.218. The van der Waals surface area contributed by atoms with Gasteiger partial charge in [-0.05, 0) is 35.6 Å². The molecule has 0 aliphatic heterocycles. The van der Waals surface area contributed by atoms with Crippen LogP contribution in [0, 0.1) is 12.7 Å². The Balaban J connectivity index is 2.46. The lowest BCUT2D eigenvalue weighted by Crippen LogP contribution is -2.16. The first-order valence-electron chi connectivity index (χ1n) is 6.64. The molecule has 0 heterocycles. The van der Waals surface area contributed by atoms with E-state index in [1.165, 1.54) is 6.07 Å². The molecule has 1 atom stereocenters. The van der Waals surface area contributed by atoms with Crippen molar-refractivity contribution in [3.8, 4) is 5.75 Å². The highest BCUT2D eigenvalue weighted by Crippen LogP contribution is 2.29. The first-order valence-corrected chi connectivity index (χ1v) is 7.64. The fraction of sp³-hybridized carbons (Fsp3) is 0.294. The molecule has 1 N–H and O–H groups in total. The summed E-state index contributed by atoms with van der Waals surface area (Å²) in [6.45, 7) is 8.29. The molecule has 2 aromatic carbocycles. The lowest BCUT2D eigenvalue weighted by Gasteiger charge is -2.21. The summed E-state index contributed by atoms with van der Waals surface area (Å²) >= 11 is 0. The maximum absolute atomic E-state index is 13.8. The second kappa shape index (κ2) is 5.54. The van der Waals surface area contributed by atoms with Gasteiger partial charge in [0.05, 0.1) is 0 Å². The lowest BCUT2D eigenvalue weighted by atomic mass is 9.86. The SMILES string of the molecule is Cc1cc(C(C)(C)C)cc(Pc2ccccc2F)c1O. The Bertz CT molecular complexity index is 629. The third-order valence-corrected chi connectivity index (χ3v) is 4.64. The standard InChI is InChI=1S/C17H20FOP/c1-11-9-12(17(2,3)4)10-15(16(11)19)20-14-8-6-5-7-13(14)18/h5-10,19-20H,1-4H3. The number of phenolic OH excluding ortho intramolecular Hbond substituents is 1. The van der Waals surface area contributed by atoms with Gasteiger partial charge in [-0.3, -0.25) is 0 Å². The van der Waals surface area contributed by atoms with Crippen LogP contribution in [0.5, 0.6) is 5.75 Å². The first kappa shape index (κ1) is 15.0. The van der Waals surface area contributed by atoms with Gasteiger partial charge in [-0.15, -0.1) is 0 Å². The molecule has 0 amide bonds. The Kier molecular flexibility index (Phi) is 4.15. The molecule has 106 valence electrons. The van der Waals surface area contributed by atoms with Crippen LogP contribution in [-0.2, 0) is 5.41 Å². The maximum Gasteiger partial charge on any atom is 0.130 e. The van der Waals surface area contributed by atoms with Crippen LogP contribution < -0.4 is 10.6 Å². The molecule has 3 heteroatoms. The van der Waals surface area contributed by atoms with Gasteiger partial charge >= 0.3 is 0 Å². The largest absolute Gasteiger partial charge is 0.507 e. The van der Waals surface area contributed by atoms with Crippen LogP contribution in [0.1, 0.15) is 31.9 Å². The molecule has 0 fully saturated rings. The van der Waals surface area contributed by atoms with E-state index in [4.69, 9.17) is 0 Å². The summed E-state index contributed by atoms with van der Waals surface area (Å²) in [7, 11) is 0.121. The van der Waals surface area contributed by atoms with Crippen molar-refractivity contribution in [1.82, 2.24) is 0 Å². The van der Waals surface area contributed by atoms with Crippen LogP contribution in [0.25, 0.3) is 0 Å². The number of hydrogen-bond acceptors (Lipinski definition) is 1. The van der Waals surface area contributed by atoms with Gasteiger partial charge in [0.25, 0.3) is 0 Å². The average molecular weight is 290 g/mol. The van der Waals surface area contributed by atoms with E-state index in [9.17, 15) is 9.50 Å². The Labute approximate surface area is 121 Å². The van der Waals surface area contributed by atoms with E-state index in [0.29, 0.717) is 5.30 Å². The minimum absolute atomic E-state index is 0.00687. The zero-order valence-corrected chi connectivity index (χ0v) is 13.3. The maximum atomic E-state index is 13.8. The van der Waals surface area contributed by atoms with E-state index in [1.54, 1.807) is 12.1 Å². The van der Waals surface area contributed by atoms with E-state index in [-0.39, 0.29) is 25.6 Å². The summed E-state index contributed by atoms with van der Waals surface area (Å²) in [5.41, 5.74) is 2.01. The highest BCUT2D eigenvalue weighted by Gasteiger charge is 2.18. The van der Waals surface area contributed by atoms with Crippen LogP contribution in [0.4, 0.5) is 4.39 Å². The third kappa shape index (κ3) is 3.19. The van der Waals surface area contributed by atoms with Crippen molar-refractivity contribution in [1.29, 1.82) is 0 Å². The number of phenols is 1. The molecule has 0 saturated heterocycles. The Morgan fingerprint density at radius 3 is 2.30 bits per heavy atom. The fourth-order valence-electron chi connectivity index (χ4n) is 2.02. The second-order valence-corrected chi connectivity index (χ2v) is 7.37. The monoisotopic (exact) mass is 290 g/mol. The van der Waals surface area contributed by atoms with E-state index in [2.05, 4.69) is 20.8 Å². The second-order valence-electron chi connectivity index (χ2n) is 6.04. The van der Waals surface area contributed by atoms with Crippen LogP contribution in [0.3, 0.4) is 0 Å². The fourth-order valence-corrected chi connectivity index (χ4v) is 3.23. The van der Waals surface area contributed by atoms with Crippen LogP contribution in [-0.4, -0.2) is 5.11 Å². The first-order chi connectivity index (χ1) is 9.29. The van der Waals surface area contributed by atoms with E-state index in [0.717, 1.165) is 16.4 Å². The number of hydrogen-bond donors (Lipinski definition) is 1. The molecule has 0 radical (unpaired) electrons. The van der Waals surface area contributed by atoms with Crippen molar-refractivity contribution in [2.75, 3.05) is 0 Å². The predicted molar refractivity (Wildman–Crippen MR) is 85.5 cm³/mol. The summed E-state index contributed by atoms with van der Waals surface area (Å²) in [5, 5.41) is 11.7. The molecule has 0 bridgehead atoms. The number of halogens is 1. The average Bonchev–Trinajstić information content (AvgIpc) is 2.36. The Morgan fingerprint density at radius 2 is 1.70 bits per heavy atom. The molecule has 0 aliphatic carbocycles. The number of benzene rings is 2. The molecule has 1 unspecified atom stereocenters. The van der Waals surface area contributed by atoms with Crippen molar-refractivity contribution >= 4 is 19.2 Å². The Hall–Kier alpha value is -1.40. The summed E-state index contributed by atoms with van der Waals surface area (Å²) in [6.07, 6.45) is 0. The topological polar surface area (TPSA) is 20.2 Å². The van der Waals surface area contributed by atoms with E-state index in [1.807, 2.05) is 25.1 Å². The molecule has 20 heavy (non-hydrogen) atoms. The molecule has 0 saturated carbocycles. The lowest BCUT2D eigenvalue weighted by molar-refractivity contribution is 0.474. The van der Waals surface area contributed by atoms with Gasteiger partial charge in [0, 0.05) is 10.6 Å². The molecule has 2 rings (SSSR count). The molecular formula is C17H20FOP. The van der Waals surface area contributed by atoms with E-state index < -0.39 is 0 Å². The van der Waals surface area contributed by atoms with Gasteiger partial charge < -0.3 is 5.11 Å². The summed E-state index contributed by atoms with van der Waals surface area (Å²) in [5.74, 6) is 0.0589. The quantitative estimate of drug-likeness (QED) is 0.835. The van der Waals surface area contributed by atoms with Crippen molar-refractivity contribution in [3.05, 3.63) is 53.3 Å². The van der Waals surface area contributed by atoms with Crippen molar-refractivity contribution in [2.45, 2.75) is 33.1 Å². The smallest absolute Gasteiger partial charge is 0.130 e. The summed E-state index contributed by atoms with van der Waals surface area (Å²) in [4.78, 5) is 0. The van der Waals surface area contributed by atoms with Gasteiger partial charge in [-0.2, -0.15) is 0 Å². The molecular weight excluding hydrogens is 270 g/mol. The van der Waals surface area contributed by atoms with Crippen molar-refractivity contribution in [2.24, 2.45) is 0 Å². The van der Waals surface area contributed by atoms with Gasteiger partial charge in [0.1, 0.15) is 11.6 Å². The van der Waals surface area contributed by atoms with Crippen LogP contribution in [0.15, 0.2) is 36.4 Å². The minimum Gasteiger partial charge on any atom is -0.507 e. The predicted octanol–water partition coefficient (Wildman–Crippen LogP) is 3.77. The van der Waals surface area contributed by atoms with Gasteiger partial charge in [0.2, 0.25) is 0 Å². The zero-order valence-electron chi connectivity index (χ0n) is 12.3.